The molecule has 15 heteroatoms. The second-order valence-electron chi connectivity index (χ2n) is 12.4. The largest absolute Gasteiger partial charge is 0.487 e. The number of para-hydroxylation sites is 1. The number of likely N-dealkylation sites (tertiary alicyclic amines) is 1. The van der Waals surface area contributed by atoms with E-state index in [1.54, 1.807) is 15.8 Å². The van der Waals surface area contributed by atoms with Gasteiger partial charge in [-0.25, -0.2) is 9.48 Å². The van der Waals surface area contributed by atoms with Crippen LogP contribution >= 0.6 is 0 Å². The van der Waals surface area contributed by atoms with E-state index < -0.39 is 18.2 Å². The van der Waals surface area contributed by atoms with E-state index in [4.69, 9.17) is 18.9 Å². The van der Waals surface area contributed by atoms with Gasteiger partial charge in [0.05, 0.1) is 32.1 Å². The molecule has 0 aliphatic carbocycles. The number of nitrogens with one attached hydrogen (secondary N) is 1. The zero-order valence-electron chi connectivity index (χ0n) is 27.9. The lowest BCUT2D eigenvalue weighted by Crippen LogP contribution is -2.55. The van der Waals surface area contributed by atoms with Gasteiger partial charge in [-0.15, -0.1) is 5.10 Å². The monoisotopic (exact) mass is 689 g/mol. The molecule has 0 saturated carbocycles. The van der Waals surface area contributed by atoms with Crippen LogP contribution in [0.2, 0.25) is 0 Å². The molecule has 2 atom stereocenters. The van der Waals surface area contributed by atoms with Gasteiger partial charge in [0.15, 0.2) is 0 Å². The molecule has 4 amide bonds. The van der Waals surface area contributed by atoms with E-state index in [9.17, 15) is 19.2 Å². The zero-order chi connectivity index (χ0) is 34.7. The highest BCUT2D eigenvalue weighted by Gasteiger charge is 2.44. The van der Waals surface area contributed by atoms with Gasteiger partial charge in [-0.05, 0) is 37.0 Å². The number of amides is 4. The van der Waals surface area contributed by atoms with Crippen molar-refractivity contribution in [3.05, 3.63) is 78.1 Å². The quantitative estimate of drug-likeness (QED) is 0.388. The fraction of sp³-hybridized carbons (Fsp3) is 0.486. The Morgan fingerprint density at radius 1 is 0.840 bits per heavy atom. The van der Waals surface area contributed by atoms with Gasteiger partial charge in [0, 0.05) is 32.2 Å². The second kappa shape index (κ2) is 17.1. The molecule has 3 aromatic rings. The van der Waals surface area contributed by atoms with Crippen LogP contribution in [0.1, 0.15) is 36.6 Å². The number of rotatable bonds is 7. The van der Waals surface area contributed by atoms with E-state index in [1.807, 2.05) is 60.7 Å². The Labute approximate surface area is 290 Å². The molecule has 6 rings (SSSR count). The molecule has 1 N–H and O–H groups in total. The van der Waals surface area contributed by atoms with Crippen molar-refractivity contribution in [2.45, 2.75) is 50.6 Å². The third kappa shape index (κ3) is 8.95. The van der Waals surface area contributed by atoms with Gasteiger partial charge in [0.1, 0.15) is 43.9 Å². The second-order valence-corrected chi connectivity index (χ2v) is 12.4. The molecule has 0 spiro atoms. The Morgan fingerprint density at radius 3 is 2.36 bits per heavy atom. The molecule has 3 aliphatic rings. The predicted octanol–water partition coefficient (Wildman–Crippen LogP) is 1.79. The first kappa shape index (κ1) is 34.8. The molecule has 2 aromatic carbocycles. The minimum absolute atomic E-state index is 0.169. The van der Waals surface area contributed by atoms with Crippen molar-refractivity contribution in [2.75, 3.05) is 59.2 Å². The minimum atomic E-state index is -0.883. The summed E-state index contributed by atoms with van der Waals surface area (Å²) in [6.07, 6.45) is 2.70. The predicted molar refractivity (Wildman–Crippen MR) is 178 cm³/mol. The van der Waals surface area contributed by atoms with Gasteiger partial charge in [0.2, 0.25) is 17.7 Å². The van der Waals surface area contributed by atoms with Crippen molar-refractivity contribution >= 4 is 23.8 Å². The van der Waals surface area contributed by atoms with Gasteiger partial charge < -0.3 is 39.0 Å². The molecule has 3 saturated heterocycles. The highest BCUT2D eigenvalue weighted by molar-refractivity contribution is 5.91. The smallest absolute Gasteiger partial charge is 0.410 e. The van der Waals surface area contributed by atoms with Crippen molar-refractivity contribution in [3.63, 3.8) is 0 Å². The van der Waals surface area contributed by atoms with Gasteiger partial charge in [-0.3, -0.25) is 14.4 Å². The van der Waals surface area contributed by atoms with Crippen molar-refractivity contribution in [1.82, 2.24) is 35.0 Å². The van der Waals surface area contributed by atoms with Crippen LogP contribution in [0.4, 0.5) is 4.79 Å². The fourth-order valence-corrected chi connectivity index (χ4v) is 6.51. The summed E-state index contributed by atoms with van der Waals surface area (Å²) in [5.41, 5.74) is 1.47. The molecular weight excluding hydrogens is 646 g/mol. The van der Waals surface area contributed by atoms with E-state index in [1.165, 1.54) is 9.80 Å². The average Bonchev–Trinajstić information content (AvgIpc) is 3.81. The number of nitrogens with zero attached hydrogens (tertiary/aromatic N) is 6. The summed E-state index contributed by atoms with van der Waals surface area (Å²) in [6.45, 7) is 1.86. The van der Waals surface area contributed by atoms with Crippen LogP contribution in [-0.4, -0.2) is 125 Å². The number of benzene rings is 2. The summed E-state index contributed by atoms with van der Waals surface area (Å²) in [4.78, 5) is 58.7. The van der Waals surface area contributed by atoms with E-state index >= 15 is 0 Å². The van der Waals surface area contributed by atoms with Crippen molar-refractivity contribution in [3.8, 4) is 5.75 Å². The number of hydrogen-bond donors (Lipinski definition) is 1. The summed E-state index contributed by atoms with van der Waals surface area (Å²) in [5.74, 6) is -0.339. The molecule has 50 heavy (non-hydrogen) atoms. The number of carbonyl (C=O) groups is 4. The average molecular weight is 690 g/mol. The molecule has 3 aliphatic heterocycles. The number of carbonyl (C=O) groups excluding carboxylic acids is 4. The Bertz CT molecular complexity index is 1580. The van der Waals surface area contributed by atoms with Gasteiger partial charge >= 0.3 is 6.09 Å². The maximum Gasteiger partial charge on any atom is 0.410 e. The minimum Gasteiger partial charge on any atom is -0.487 e. The van der Waals surface area contributed by atoms with Gasteiger partial charge in [0.25, 0.3) is 0 Å². The SMILES string of the molecule is O=C1NCCOCCOCC(=O)N(C2CCN(C(=O)OCc3ccccc3)CC2)CC(=O)N2CC[C@@H](n3cc(COc4ccccc4)nn3)[C@@H]12. The Morgan fingerprint density at radius 2 is 1.58 bits per heavy atom. The van der Waals surface area contributed by atoms with Crippen LogP contribution in [0.3, 0.4) is 0 Å². The summed E-state index contributed by atoms with van der Waals surface area (Å²) in [5, 5.41) is 11.5. The first-order chi connectivity index (χ1) is 24.5. The molecule has 0 bridgehead atoms. The molecule has 4 heterocycles. The standard InChI is InChI=1S/C35H43N7O8/c43-31-22-41(28-11-15-39(16-12-28)35(46)50-23-26-7-3-1-4-8-26)32(44)25-48-20-19-47-18-14-36-34(45)33-30(13-17-40(31)33)42-21-27(37-38-42)24-49-29-9-5-2-6-10-29/h1-10,21,28,30,33H,11-20,22-25H2,(H,36,45)/t30-,33+/m1/s1. The molecule has 3 fully saturated rings. The Kier molecular flexibility index (Phi) is 11.9. The number of fused-ring (bicyclic) bond motifs is 1. The summed E-state index contributed by atoms with van der Waals surface area (Å²) >= 11 is 0. The fourth-order valence-electron chi connectivity index (χ4n) is 6.51. The highest BCUT2D eigenvalue weighted by Crippen LogP contribution is 2.30. The third-order valence-electron chi connectivity index (χ3n) is 9.12. The lowest BCUT2D eigenvalue weighted by molar-refractivity contribution is -0.148. The molecular formula is C35H43N7O8. The van der Waals surface area contributed by atoms with Crippen molar-refractivity contribution in [2.24, 2.45) is 0 Å². The summed E-state index contributed by atoms with van der Waals surface area (Å²) in [6, 6.07) is 17.1. The summed E-state index contributed by atoms with van der Waals surface area (Å²) < 4.78 is 24.1. The molecule has 0 radical (unpaired) electrons. The first-order valence-electron chi connectivity index (χ1n) is 17.0. The lowest BCUT2D eigenvalue weighted by atomic mass is 10.0. The Hall–Kier alpha value is -5.02. The van der Waals surface area contributed by atoms with E-state index in [0.29, 0.717) is 43.8 Å². The normalized spacial score (nSPS) is 21.6. The van der Waals surface area contributed by atoms with E-state index in [-0.39, 0.29) is 83.0 Å². The number of piperidine rings is 1. The van der Waals surface area contributed by atoms with Crippen LogP contribution in [0.5, 0.6) is 5.75 Å². The van der Waals surface area contributed by atoms with Gasteiger partial charge in [-0.2, -0.15) is 0 Å². The number of hydrogen-bond acceptors (Lipinski definition) is 10. The van der Waals surface area contributed by atoms with Crippen LogP contribution in [0.25, 0.3) is 0 Å². The van der Waals surface area contributed by atoms with Crippen LogP contribution in [-0.2, 0) is 41.8 Å². The maximum absolute atomic E-state index is 14.0. The van der Waals surface area contributed by atoms with Crippen LogP contribution < -0.4 is 10.1 Å². The molecule has 15 nitrogen and oxygen atoms in total. The first-order valence-corrected chi connectivity index (χ1v) is 17.0. The zero-order valence-corrected chi connectivity index (χ0v) is 27.9. The summed E-state index contributed by atoms with van der Waals surface area (Å²) in [7, 11) is 0. The van der Waals surface area contributed by atoms with Crippen LogP contribution in [0.15, 0.2) is 66.9 Å². The van der Waals surface area contributed by atoms with Crippen molar-refractivity contribution < 1.29 is 38.1 Å². The maximum atomic E-state index is 14.0. The third-order valence-corrected chi connectivity index (χ3v) is 9.12. The van der Waals surface area contributed by atoms with E-state index in [0.717, 1.165) is 5.56 Å². The molecule has 0 unspecified atom stereocenters. The Balaban J connectivity index is 1.13. The number of aromatic nitrogens is 3. The molecule has 266 valence electrons. The van der Waals surface area contributed by atoms with Gasteiger partial charge in [-0.1, -0.05) is 53.7 Å². The van der Waals surface area contributed by atoms with Crippen LogP contribution in [0, 0.1) is 0 Å². The number of ether oxygens (including phenoxy) is 4. The van der Waals surface area contributed by atoms with E-state index in [2.05, 4.69) is 15.6 Å². The van der Waals surface area contributed by atoms with Crippen molar-refractivity contribution in [1.29, 1.82) is 0 Å². The highest BCUT2D eigenvalue weighted by atomic mass is 16.6. The topological polar surface area (TPSA) is 158 Å². The lowest BCUT2D eigenvalue weighted by Gasteiger charge is -2.38. The molecule has 1 aromatic heterocycles.